The van der Waals surface area contributed by atoms with Gasteiger partial charge >= 0.3 is 0 Å². The van der Waals surface area contributed by atoms with Crippen molar-refractivity contribution in [3.8, 4) is 11.5 Å². The molecule has 0 aromatic heterocycles. The minimum absolute atomic E-state index is 0.176. The van der Waals surface area contributed by atoms with Crippen LogP contribution in [0.3, 0.4) is 0 Å². The minimum Gasteiger partial charge on any atom is -0.497 e. The van der Waals surface area contributed by atoms with Crippen LogP contribution in [0.2, 0.25) is 5.02 Å². The molecule has 2 aromatic rings. The van der Waals surface area contributed by atoms with Gasteiger partial charge in [-0.1, -0.05) is 17.7 Å². The fourth-order valence-corrected chi connectivity index (χ4v) is 2.31. The van der Waals surface area contributed by atoms with Crippen molar-refractivity contribution in [3.05, 3.63) is 53.1 Å². The molecule has 0 saturated heterocycles. The van der Waals surface area contributed by atoms with Gasteiger partial charge in [0.25, 0.3) is 5.91 Å². The van der Waals surface area contributed by atoms with Gasteiger partial charge in [-0.05, 0) is 42.5 Å². The van der Waals surface area contributed by atoms with Gasteiger partial charge in [0.1, 0.15) is 11.5 Å². The number of anilines is 1. The van der Waals surface area contributed by atoms with E-state index >= 15 is 0 Å². The second-order valence-electron chi connectivity index (χ2n) is 4.49. The van der Waals surface area contributed by atoms with Crippen LogP contribution in [-0.4, -0.2) is 25.2 Å². The lowest BCUT2D eigenvalue weighted by molar-refractivity contribution is 0.0977. The first kappa shape index (κ1) is 17.1. The summed E-state index contributed by atoms with van der Waals surface area (Å²) in [5.74, 6) is 0.821. The van der Waals surface area contributed by atoms with Crippen molar-refractivity contribution in [1.29, 1.82) is 0 Å². The van der Waals surface area contributed by atoms with E-state index in [-0.39, 0.29) is 11.0 Å². The normalized spacial score (nSPS) is 9.87. The molecule has 0 spiro atoms. The third kappa shape index (κ3) is 4.58. The first-order valence-electron chi connectivity index (χ1n) is 6.63. The molecule has 1 amide bonds. The SMILES string of the molecule is COc1cccc(NC(=S)NC(=O)c2ccc(OC)c(Cl)c2)c1. The van der Waals surface area contributed by atoms with Crippen molar-refractivity contribution in [3.63, 3.8) is 0 Å². The molecule has 7 heteroatoms. The zero-order chi connectivity index (χ0) is 16.8. The molecular formula is C16H15ClN2O3S. The molecule has 0 unspecified atom stereocenters. The smallest absolute Gasteiger partial charge is 0.257 e. The van der Waals surface area contributed by atoms with Crippen LogP contribution < -0.4 is 20.1 Å². The maximum Gasteiger partial charge on any atom is 0.257 e. The Balaban J connectivity index is 2.01. The second kappa shape index (κ2) is 7.80. The van der Waals surface area contributed by atoms with Gasteiger partial charge in [-0.2, -0.15) is 0 Å². The van der Waals surface area contributed by atoms with Crippen LogP contribution in [0.1, 0.15) is 10.4 Å². The number of carbonyl (C=O) groups is 1. The van der Waals surface area contributed by atoms with E-state index in [1.807, 2.05) is 18.2 Å². The zero-order valence-corrected chi connectivity index (χ0v) is 14.1. The van der Waals surface area contributed by atoms with Crippen LogP contribution >= 0.6 is 23.8 Å². The Hall–Kier alpha value is -2.31. The van der Waals surface area contributed by atoms with Gasteiger partial charge in [0.15, 0.2) is 5.11 Å². The van der Waals surface area contributed by atoms with E-state index in [0.717, 1.165) is 0 Å². The van der Waals surface area contributed by atoms with Crippen molar-refractivity contribution in [2.24, 2.45) is 0 Å². The average molecular weight is 351 g/mol. The number of halogens is 1. The monoisotopic (exact) mass is 350 g/mol. The number of benzene rings is 2. The van der Waals surface area contributed by atoms with Crippen LogP contribution in [0.25, 0.3) is 0 Å². The lowest BCUT2D eigenvalue weighted by Crippen LogP contribution is -2.34. The molecule has 0 aliphatic heterocycles. The molecule has 0 aliphatic carbocycles. The zero-order valence-electron chi connectivity index (χ0n) is 12.6. The van der Waals surface area contributed by atoms with Crippen molar-refractivity contribution in [1.82, 2.24) is 5.32 Å². The minimum atomic E-state index is -0.366. The molecule has 0 saturated carbocycles. The Morgan fingerprint density at radius 1 is 1.13 bits per heavy atom. The number of nitrogens with one attached hydrogen (secondary N) is 2. The number of rotatable bonds is 4. The Labute approximate surface area is 144 Å². The summed E-state index contributed by atoms with van der Waals surface area (Å²) in [5, 5.41) is 6.03. The van der Waals surface area contributed by atoms with Crippen molar-refractivity contribution in [2.75, 3.05) is 19.5 Å². The van der Waals surface area contributed by atoms with Crippen molar-refractivity contribution in [2.45, 2.75) is 0 Å². The van der Waals surface area contributed by atoms with Gasteiger partial charge in [0.2, 0.25) is 0 Å². The number of carbonyl (C=O) groups excluding carboxylic acids is 1. The predicted octanol–water partition coefficient (Wildman–Crippen LogP) is 3.48. The molecule has 0 aliphatic rings. The second-order valence-corrected chi connectivity index (χ2v) is 5.30. The molecule has 0 fully saturated rings. The van der Waals surface area contributed by atoms with E-state index in [2.05, 4.69) is 10.6 Å². The maximum atomic E-state index is 12.2. The summed E-state index contributed by atoms with van der Waals surface area (Å²) in [6.07, 6.45) is 0. The summed E-state index contributed by atoms with van der Waals surface area (Å²) in [5.41, 5.74) is 1.09. The first-order chi connectivity index (χ1) is 11.0. The van der Waals surface area contributed by atoms with Crippen LogP contribution in [-0.2, 0) is 0 Å². The molecule has 2 aromatic carbocycles. The molecule has 120 valence electrons. The number of methoxy groups -OCH3 is 2. The average Bonchev–Trinajstić information content (AvgIpc) is 2.54. The highest BCUT2D eigenvalue weighted by molar-refractivity contribution is 7.80. The number of hydrogen-bond acceptors (Lipinski definition) is 4. The van der Waals surface area contributed by atoms with E-state index in [1.165, 1.54) is 13.2 Å². The number of thiocarbonyl (C=S) groups is 1. The van der Waals surface area contributed by atoms with Crippen molar-refractivity contribution >= 4 is 40.5 Å². The van der Waals surface area contributed by atoms with Crippen molar-refractivity contribution < 1.29 is 14.3 Å². The van der Waals surface area contributed by atoms with Gasteiger partial charge in [0, 0.05) is 17.3 Å². The van der Waals surface area contributed by atoms with E-state index in [1.54, 1.807) is 25.3 Å². The molecule has 23 heavy (non-hydrogen) atoms. The number of amides is 1. The number of hydrogen-bond donors (Lipinski definition) is 2. The van der Waals surface area contributed by atoms with Crippen LogP contribution in [0.5, 0.6) is 11.5 Å². The third-order valence-electron chi connectivity index (χ3n) is 2.97. The quantitative estimate of drug-likeness (QED) is 0.827. The molecule has 0 atom stereocenters. The summed E-state index contributed by atoms with van der Waals surface area (Å²) < 4.78 is 10.2. The molecular weight excluding hydrogens is 336 g/mol. The van der Waals surface area contributed by atoms with Crippen LogP contribution in [0, 0.1) is 0 Å². The maximum absolute atomic E-state index is 12.2. The van der Waals surface area contributed by atoms with Gasteiger partial charge in [-0.15, -0.1) is 0 Å². The fourth-order valence-electron chi connectivity index (χ4n) is 1.85. The Morgan fingerprint density at radius 2 is 1.91 bits per heavy atom. The number of ether oxygens (including phenoxy) is 2. The standard InChI is InChI=1S/C16H15ClN2O3S/c1-21-12-5-3-4-11(9-12)18-16(23)19-15(20)10-6-7-14(22-2)13(17)8-10/h3-9H,1-2H3,(H2,18,19,20,23). The molecule has 0 bridgehead atoms. The predicted molar refractivity (Wildman–Crippen MR) is 94.7 cm³/mol. The largest absolute Gasteiger partial charge is 0.497 e. The van der Waals surface area contributed by atoms with E-state index in [4.69, 9.17) is 33.3 Å². The summed E-state index contributed by atoms with van der Waals surface area (Å²) in [7, 11) is 3.08. The van der Waals surface area contributed by atoms with Gasteiger partial charge in [-0.3, -0.25) is 10.1 Å². The van der Waals surface area contributed by atoms with E-state index < -0.39 is 0 Å². The first-order valence-corrected chi connectivity index (χ1v) is 7.42. The highest BCUT2D eigenvalue weighted by Gasteiger charge is 2.11. The van der Waals surface area contributed by atoms with E-state index in [9.17, 15) is 4.79 Å². The van der Waals surface area contributed by atoms with Crippen LogP contribution in [0.4, 0.5) is 5.69 Å². The van der Waals surface area contributed by atoms with Gasteiger partial charge < -0.3 is 14.8 Å². The molecule has 2 rings (SSSR count). The van der Waals surface area contributed by atoms with E-state index in [0.29, 0.717) is 27.8 Å². The van der Waals surface area contributed by atoms with Gasteiger partial charge in [-0.25, -0.2) is 0 Å². The third-order valence-corrected chi connectivity index (χ3v) is 3.47. The summed E-state index contributed by atoms with van der Waals surface area (Å²) >= 11 is 11.1. The molecule has 0 heterocycles. The lowest BCUT2D eigenvalue weighted by Gasteiger charge is -2.11. The Morgan fingerprint density at radius 3 is 2.57 bits per heavy atom. The Bertz CT molecular complexity index is 737. The highest BCUT2D eigenvalue weighted by Crippen LogP contribution is 2.24. The topological polar surface area (TPSA) is 59.6 Å². The molecule has 0 radical (unpaired) electrons. The molecule has 5 nitrogen and oxygen atoms in total. The summed E-state index contributed by atoms with van der Waals surface area (Å²) in [6.45, 7) is 0. The Kier molecular flexibility index (Phi) is 5.78. The van der Waals surface area contributed by atoms with Gasteiger partial charge in [0.05, 0.1) is 19.2 Å². The lowest BCUT2D eigenvalue weighted by atomic mass is 10.2. The molecule has 2 N–H and O–H groups in total. The fraction of sp³-hybridized carbons (Fsp3) is 0.125. The highest BCUT2D eigenvalue weighted by atomic mass is 35.5. The summed E-state index contributed by atoms with van der Waals surface area (Å²) in [6, 6.07) is 11.9. The van der Waals surface area contributed by atoms with Crippen LogP contribution in [0.15, 0.2) is 42.5 Å². The summed E-state index contributed by atoms with van der Waals surface area (Å²) in [4.78, 5) is 12.2.